The first-order valence-corrected chi connectivity index (χ1v) is 10.5. The van der Waals surface area contributed by atoms with Crippen LogP contribution in [0.1, 0.15) is 49.5 Å². The summed E-state index contributed by atoms with van der Waals surface area (Å²) in [6.07, 6.45) is -0.309. The van der Waals surface area contributed by atoms with E-state index in [2.05, 4.69) is 5.32 Å². The van der Waals surface area contributed by atoms with E-state index in [9.17, 15) is 14.7 Å². The van der Waals surface area contributed by atoms with Crippen LogP contribution in [-0.2, 0) is 9.53 Å². The second-order valence-electron chi connectivity index (χ2n) is 7.77. The van der Waals surface area contributed by atoms with Crippen molar-refractivity contribution in [2.24, 2.45) is 0 Å². The molecule has 2 aromatic carbocycles. The molecule has 1 saturated heterocycles. The highest BCUT2D eigenvalue weighted by Gasteiger charge is 2.49. The summed E-state index contributed by atoms with van der Waals surface area (Å²) in [5, 5.41) is 13.4. The van der Waals surface area contributed by atoms with Crippen LogP contribution in [0.15, 0.2) is 54.6 Å². The van der Waals surface area contributed by atoms with E-state index in [0.717, 1.165) is 21.6 Å². The molecule has 1 heterocycles. The van der Waals surface area contributed by atoms with Crippen molar-refractivity contribution < 1.29 is 19.4 Å². The molecular weight excluding hydrogens is 380 g/mol. The summed E-state index contributed by atoms with van der Waals surface area (Å²) in [6.45, 7) is 5.67. The van der Waals surface area contributed by atoms with Crippen LogP contribution in [0.4, 0.5) is 4.79 Å². The van der Waals surface area contributed by atoms with Crippen LogP contribution in [0.2, 0.25) is 0 Å². The molecule has 2 atom stereocenters. The van der Waals surface area contributed by atoms with E-state index in [1.807, 2.05) is 75.4 Å². The summed E-state index contributed by atoms with van der Waals surface area (Å²) in [5.41, 5.74) is 2.21. The van der Waals surface area contributed by atoms with Gasteiger partial charge in [-0.1, -0.05) is 68.4 Å². The molecule has 6 nitrogen and oxygen atoms in total. The maximum atomic E-state index is 12.8. The number of nitrogens with one attached hydrogen (secondary N) is 1. The van der Waals surface area contributed by atoms with Gasteiger partial charge >= 0.3 is 6.03 Å². The van der Waals surface area contributed by atoms with Gasteiger partial charge < -0.3 is 15.2 Å². The molecule has 0 unspecified atom stereocenters. The fourth-order valence-corrected chi connectivity index (χ4v) is 3.92. The van der Waals surface area contributed by atoms with Crippen LogP contribution in [0.3, 0.4) is 0 Å². The number of nitrogens with zero attached hydrogens (tertiary/aromatic N) is 1. The fraction of sp³-hybridized carbons (Fsp3) is 0.417. The van der Waals surface area contributed by atoms with E-state index < -0.39 is 17.7 Å². The van der Waals surface area contributed by atoms with Gasteiger partial charge in [0.1, 0.15) is 11.6 Å². The van der Waals surface area contributed by atoms with Gasteiger partial charge in [-0.05, 0) is 36.5 Å². The summed E-state index contributed by atoms with van der Waals surface area (Å²) in [5.74, 6) is -0.282. The number of carbonyl (C=O) groups excluding carboxylic acids is 2. The molecule has 0 radical (unpaired) electrons. The van der Waals surface area contributed by atoms with Crippen LogP contribution >= 0.6 is 0 Å². The molecule has 0 aromatic heterocycles. The van der Waals surface area contributed by atoms with Gasteiger partial charge in [0.2, 0.25) is 0 Å². The first-order valence-electron chi connectivity index (χ1n) is 10.5. The summed E-state index contributed by atoms with van der Waals surface area (Å²) >= 11 is 0. The van der Waals surface area contributed by atoms with E-state index in [1.165, 1.54) is 0 Å². The molecule has 30 heavy (non-hydrogen) atoms. The van der Waals surface area contributed by atoms with Crippen molar-refractivity contribution in [1.82, 2.24) is 10.2 Å². The number of ether oxygens (including phenoxy) is 1. The lowest BCUT2D eigenvalue weighted by Gasteiger charge is -2.25. The van der Waals surface area contributed by atoms with E-state index in [1.54, 1.807) is 0 Å². The monoisotopic (exact) mass is 410 g/mol. The number of hydrogen-bond acceptors (Lipinski definition) is 4. The van der Waals surface area contributed by atoms with E-state index >= 15 is 0 Å². The minimum atomic E-state index is -0.987. The standard InChI is InChI=1S/C24H30N2O4/c1-4-24(5-2)22(28)26(23(29)25-24)15-19(27)16-30-21(18-12-7-6-8-13-18)20-14-10-9-11-17(20)3/h6-14,19,21,27H,4-5,15-16H2,1-3H3,(H,25,29)/t19-,21-/m0/s1. The third-order valence-corrected chi connectivity index (χ3v) is 5.87. The van der Waals surface area contributed by atoms with E-state index in [0.29, 0.717) is 12.8 Å². The molecule has 1 aliphatic heterocycles. The van der Waals surface area contributed by atoms with Gasteiger partial charge in [-0.2, -0.15) is 0 Å². The average molecular weight is 411 g/mol. The van der Waals surface area contributed by atoms with E-state index in [-0.39, 0.29) is 25.2 Å². The van der Waals surface area contributed by atoms with Crippen molar-refractivity contribution in [2.75, 3.05) is 13.2 Å². The maximum absolute atomic E-state index is 12.8. The zero-order chi connectivity index (χ0) is 21.7. The summed E-state index contributed by atoms with van der Waals surface area (Å²) in [4.78, 5) is 26.2. The van der Waals surface area contributed by atoms with Crippen LogP contribution in [0, 0.1) is 6.92 Å². The number of aliphatic hydroxyl groups excluding tert-OH is 1. The van der Waals surface area contributed by atoms with Crippen molar-refractivity contribution in [3.05, 3.63) is 71.3 Å². The Bertz CT molecular complexity index is 880. The molecule has 1 fully saturated rings. The minimum absolute atomic E-state index is 0.00376. The summed E-state index contributed by atoms with van der Waals surface area (Å²) in [6, 6.07) is 17.3. The largest absolute Gasteiger partial charge is 0.389 e. The molecule has 2 N–H and O–H groups in total. The number of benzene rings is 2. The van der Waals surface area contributed by atoms with Crippen molar-refractivity contribution in [3.8, 4) is 0 Å². The first-order chi connectivity index (χ1) is 14.4. The molecule has 6 heteroatoms. The number of aryl methyl sites for hydroxylation is 1. The van der Waals surface area contributed by atoms with Crippen molar-refractivity contribution in [3.63, 3.8) is 0 Å². The predicted octanol–water partition coefficient (Wildman–Crippen LogP) is 3.57. The van der Waals surface area contributed by atoms with Gasteiger partial charge in [-0.25, -0.2) is 4.79 Å². The van der Waals surface area contributed by atoms with Crippen LogP contribution < -0.4 is 5.32 Å². The minimum Gasteiger partial charge on any atom is -0.389 e. The Kier molecular flexibility index (Phi) is 6.90. The van der Waals surface area contributed by atoms with Gasteiger partial charge in [0, 0.05) is 0 Å². The molecule has 3 rings (SSSR count). The number of rotatable bonds is 9. The van der Waals surface area contributed by atoms with Gasteiger partial charge in [-0.3, -0.25) is 9.69 Å². The third-order valence-electron chi connectivity index (χ3n) is 5.87. The summed E-state index contributed by atoms with van der Waals surface area (Å²) < 4.78 is 6.12. The Morgan fingerprint density at radius 2 is 1.67 bits per heavy atom. The first kappa shape index (κ1) is 22.0. The number of carbonyl (C=O) groups is 2. The zero-order valence-corrected chi connectivity index (χ0v) is 17.8. The normalized spacial score (nSPS) is 17.7. The average Bonchev–Trinajstić information content (AvgIpc) is 3.00. The van der Waals surface area contributed by atoms with E-state index in [4.69, 9.17) is 4.74 Å². The Morgan fingerprint density at radius 1 is 1.03 bits per heavy atom. The predicted molar refractivity (Wildman–Crippen MR) is 115 cm³/mol. The quantitative estimate of drug-likeness (QED) is 0.620. The molecule has 2 aromatic rings. The Morgan fingerprint density at radius 3 is 2.27 bits per heavy atom. The smallest absolute Gasteiger partial charge is 0.325 e. The molecule has 1 aliphatic rings. The second-order valence-corrected chi connectivity index (χ2v) is 7.77. The van der Waals surface area contributed by atoms with Crippen LogP contribution in [-0.4, -0.2) is 46.7 Å². The van der Waals surface area contributed by atoms with Gasteiger partial charge in [0.15, 0.2) is 0 Å². The highest BCUT2D eigenvalue weighted by atomic mass is 16.5. The lowest BCUT2D eigenvalue weighted by Crippen LogP contribution is -2.46. The van der Waals surface area contributed by atoms with Crippen molar-refractivity contribution >= 4 is 11.9 Å². The van der Waals surface area contributed by atoms with Gasteiger partial charge in [0.05, 0.1) is 19.3 Å². The number of hydrogen-bond donors (Lipinski definition) is 2. The number of urea groups is 1. The highest BCUT2D eigenvalue weighted by Crippen LogP contribution is 2.29. The Labute approximate surface area is 177 Å². The van der Waals surface area contributed by atoms with Gasteiger partial charge in [-0.15, -0.1) is 0 Å². The molecule has 160 valence electrons. The maximum Gasteiger partial charge on any atom is 0.325 e. The van der Waals surface area contributed by atoms with Crippen LogP contribution in [0.25, 0.3) is 0 Å². The van der Waals surface area contributed by atoms with Crippen molar-refractivity contribution in [1.29, 1.82) is 0 Å². The summed E-state index contributed by atoms with van der Waals surface area (Å²) in [7, 11) is 0. The Hall–Kier alpha value is -2.70. The van der Waals surface area contributed by atoms with Gasteiger partial charge in [0.25, 0.3) is 5.91 Å². The second kappa shape index (κ2) is 9.41. The number of imide groups is 1. The molecule has 3 amide bonds. The lowest BCUT2D eigenvalue weighted by molar-refractivity contribution is -0.133. The topological polar surface area (TPSA) is 78.9 Å². The van der Waals surface area contributed by atoms with Crippen molar-refractivity contribution in [2.45, 2.75) is 51.4 Å². The Balaban J connectivity index is 1.71. The number of β-amino-alcohol motifs (C(OH)–C–C–N with tert-alkyl or cyclic N) is 1. The third kappa shape index (κ3) is 4.40. The molecule has 0 saturated carbocycles. The zero-order valence-electron chi connectivity index (χ0n) is 17.8. The molecule has 0 aliphatic carbocycles. The number of amides is 3. The fourth-order valence-electron chi connectivity index (χ4n) is 3.92. The lowest BCUT2D eigenvalue weighted by atomic mass is 9.93. The SMILES string of the molecule is CCC1(CC)NC(=O)N(C[C@H](O)CO[C@@H](c2ccccc2)c2ccccc2C)C1=O. The molecule has 0 bridgehead atoms. The molecular formula is C24H30N2O4. The number of aliphatic hydroxyl groups is 1. The molecule has 0 spiro atoms. The highest BCUT2D eigenvalue weighted by molar-refractivity contribution is 6.07. The van der Waals surface area contributed by atoms with Crippen LogP contribution in [0.5, 0.6) is 0 Å².